The van der Waals surface area contributed by atoms with Gasteiger partial charge >= 0.3 is 0 Å². The van der Waals surface area contributed by atoms with Crippen molar-refractivity contribution < 1.29 is 13.2 Å². The summed E-state index contributed by atoms with van der Waals surface area (Å²) in [7, 11) is 1.88. The van der Waals surface area contributed by atoms with E-state index in [0.29, 0.717) is 46.3 Å². The Hall–Kier alpha value is -2.51. The molecule has 8 nitrogen and oxygen atoms in total. The summed E-state index contributed by atoms with van der Waals surface area (Å²) in [4.78, 5) is 6.60. The number of hydrogen-bond acceptors (Lipinski definition) is 8. The lowest BCUT2D eigenvalue weighted by Gasteiger charge is -2.32. The Labute approximate surface area is 217 Å². The molecule has 0 amide bonds. The number of alkyl halides is 2. The van der Waals surface area contributed by atoms with Crippen molar-refractivity contribution >= 4 is 47.8 Å². The Bertz CT molecular complexity index is 1400. The average Bonchev–Trinajstić information content (AvgIpc) is 3.35. The van der Waals surface area contributed by atoms with Crippen molar-refractivity contribution in [3.05, 3.63) is 35.9 Å². The number of rotatable bonds is 7. The second-order valence-corrected chi connectivity index (χ2v) is 11.8. The number of hydrogen-bond donors (Lipinski definition) is 3. The fourth-order valence-electron chi connectivity index (χ4n) is 4.65. The van der Waals surface area contributed by atoms with Gasteiger partial charge in [0.1, 0.15) is 18.4 Å². The van der Waals surface area contributed by atoms with Crippen LogP contribution in [-0.2, 0) is 13.0 Å². The van der Waals surface area contributed by atoms with E-state index in [1.807, 2.05) is 18.9 Å². The summed E-state index contributed by atoms with van der Waals surface area (Å²) in [6, 6.07) is 4.73. The van der Waals surface area contributed by atoms with Crippen LogP contribution in [-0.4, -0.2) is 77.6 Å². The predicted octanol–water partition coefficient (Wildman–Crippen LogP) is 3.82. The van der Waals surface area contributed by atoms with Crippen molar-refractivity contribution in [3.8, 4) is 11.1 Å². The summed E-state index contributed by atoms with van der Waals surface area (Å²) in [6.07, 6.45) is 1.07. The lowest BCUT2D eigenvalue weighted by atomic mass is 10.0. The first-order valence-electron chi connectivity index (χ1n) is 11.6. The third-order valence-electron chi connectivity index (χ3n) is 6.32. The van der Waals surface area contributed by atoms with Crippen LogP contribution in [0.25, 0.3) is 27.7 Å². The highest BCUT2D eigenvalue weighted by atomic mass is 32.2. The van der Waals surface area contributed by atoms with E-state index in [2.05, 4.69) is 51.0 Å². The molecular formula is C23H27F3N8S2. The Kier molecular flexibility index (Phi) is 6.81. The Morgan fingerprint density at radius 2 is 2.08 bits per heavy atom. The molecule has 0 saturated carbocycles. The zero-order chi connectivity index (χ0) is 25.6. The highest BCUT2D eigenvalue weighted by Gasteiger charge is 2.29. The molecule has 0 bridgehead atoms. The maximum absolute atomic E-state index is 15.5. The quantitative estimate of drug-likeness (QED) is 0.246. The van der Waals surface area contributed by atoms with Gasteiger partial charge in [0.05, 0.1) is 39.6 Å². The van der Waals surface area contributed by atoms with Gasteiger partial charge in [0.2, 0.25) is 5.95 Å². The zero-order valence-electron chi connectivity index (χ0n) is 19.9. The molecule has 0 spiro atoms. The molecular weight excluding hydrogens is 509 g/mol. The maximum atomic E-state index is 15.5. The summed E-state index contributed by atoms with van der Waals surface area (Å²) in [5, 5.41) is 15.6. The predicted molar refractivity (Wildman–Crippen MR) is 140 cm³/mol. The Morgan fingerprint density at radius 1 is 1.28 bits per heavy atom. The van der Waals surface area contributed by atoms with Gasteiger partial charge < -0.3 is 10.2 Å². The summed E-state index contributed by atoms with van der Waals surface area (Å²) >= 11 is 9.09. The number of benzene rings is 1. The topological polar surface area (TPSA) is 76.2 Å². The van der Waals surface area contributed by atoms with Crippen LogP contribution in [0.5, 0.6) is 0 Å². The maximum Gasteiger partial charge on any atom is 0.241 e. The summed E-state index contributed by atoms with van der Waals surface area (Å²) in [5.41, 5.74) is 2.98. The first-order chi connectivity index (χ1) is 17.1. The molecule has 192 valence electrons. The molecule has 2 atom stereocenters. The van der Waals surface area contributed by atoms with Crippen LogP contribution in [0.2, 0.25) is 0 Å². The zero-order valence-corrected chi connectivity index (χ0v) is 21.7. The first kappa shape index (κ1) is 25.2. The van der Waals surface area contributed by atoms with E-state index < -0.39 is 28.8 Å². The number of likely N-dealkylation sites (tertiary alicyclic amines) is 1. The SMILES string of the molecule is CN1CCC(Nc2nc(CC(C)(S)S)c3c(-c4ccc5nnn(CCF)c5c4)c(F)cn3n2)C(F)C1. The van der Waals surface area contributed by atoms with E-state index in [-0.39, 0.29) is 18.9 Å². The molecule has 13 heteroatoms. The molecule has 4 aromatic rings. The van der Waals surface area contributed by atoms with Crippen molar-refractivity contribution in [1.29, 1.82) is 0 Å². The number of piperidine rings is 1. The second-order valence-electron chi connectivity index (χ2n) is 9.44. The lowest BCUT2D eigenvalue weighted by Crippen LogP contribution is -2.46. The third-order valence-corrected chi connectivity index (χ3v) is 6.63. The summed E-state index contributed by atoms with van der Waals surface area (Å²) in [5.74, 6) is -0.294. The Balaban J connectivity index is 1.62. The van der Waals surface area contributed by atoms with E-state index in [1.54, 1.807) is 18.2 Å². The van der Waals surface area contributed by atoms with Gasteiger partial charge in [0.15, 0.2) is 5.82 Å². The lowest BCUT2D eigenvalue weighted by molar-refractivity contribution is 0.149. The molecule has 1 N–H and O–H groups in total. The van der Waals surface area contributed by atoms with E-state index in [0.717, 1.165) is 6.54 Å². The van der Waals surface area contributed by atoms with Crippen LogP contribution in [0.15, 0.2) is 24.4 Å². The standard InChI is InChI=1S/C23H27F3N8S2/c1-23(35,36)10-18-21-20(13-3-4-17-19(9-13)33(8-6-24)31-29-17)15(26)12-34(21)30-22(28-18)27-16-5-7-32(2)11-14(16)25/h3-4,9,12,14,16,35-36H,5-8,10-11H2,1-2H3,(H,27,30). The van der Waals surface area contributed by atoms with E-state index >= 15 is 4.39 Å². The number of anilines is 1. The molecule has 1 aliphatic heterocycles. The van der Waals surface area contributed by atoms with Crippen molar-refractivity contribution in [2.45, 2.75) is 42.6 Å². The number of aryl methyl sites for hydroxylation is 1. The van der Waals surface area contributed by atoms with Crippen LogP contribution in [0, 0.1) is 5.82 Å². The van der Waals surface area contributed by atoms with Gasteiger partial charge in [0, 0.05) is 25.1 Å². The van der Waals surface area contributed by atoms with Crippen molar-refractivity contribution in [2.75, 3.05) is 32.1 Å². The van der Waals surface area contributed by atoms with Crippen molar-refractivity contribution in [1.82, 2.24) is 34.5 Å². The molecule has 1 fully saturated rings. The molecule has 1 saturated heterocycles. The van der Waals surface area contributed by atoms with Gasteiger partial charge in [-0.2, -0.15) is 25.3 Å². The largest absolute Gasteiger partial charge is 0.347 e. The molecule has 4 heterocycles. The molecule has 5 rings (SSSR count). The highest BCUT2D eigenvalue weighted by molar-refractivity contribution is 8.00. The summed E-state index contributed by atoms with van der Waals surface area (Å²) < 4.78 is 45.2. The number of fused-ring (bicyclic) bond motifs is 2. The minimum absolute atomic E-state index is 0.0481. The number of nitrogens with one attached hydrogen (secondary N) is 1. The number of nitrogens with zero attached hydrogens (tertiary/aromatic N) is 7. The van der Waals surface area contributed by atoms with Crippen LogP contribution in [0.1, 0.15) is 19.0 Å². The monoisotopic (exact) mass is 536 g/mol. The van der Waals surface area contributed by atoms with Gasteiger partial charge in [-0.1, -0.05) is 11.3 Å². The van der Waals surface area contributed by atoms with Crippen molar-refractivity contribution in [2.24, 2.45) is 0 Å². The minimum atomic E-state index is -1.09. The fourth-order valence-corrected chi connectivity index (χ4v) is 4.95. The van der Waals surface area contributed by atoms with E-state index in [9.17, 15) is 8.78 Å². The van der Waals surface area contributed by atoms with Gasteiger partial charge in [-0.15, -0.1) is 10.2 Å². The van der Waals surface area contributed by atoms with Crippen LogP contribution in [0.4, 0.5) is 19.1 Å². The van der Waals surface area contributed by atoms with Gasteiger partial charge in [-0.05, 0) is 38.1 Å². The molecule has 1 aliphatic rings. The number of halogens is 3. The molecule has 0 radical (unpaired) electrons. The Morgan fingerprint density at radius 3 is 2.81 bits per heavy atom. The van der Waals surface area contributed by atoms with E-state index in [1.165, 1.54) is 15.4 Å². The van der Waals surface area contributed by atoms with Crippen molar-refractivity contribution in [3.63, 3.8) is 0 Å². The van der Waals surface area contributed by atoms with Crippen LogP contribution < -0.4 is 5.32 Å². The average molecular weight is 537 g/mol. The molecule has 0 aliphatic carbocycles. The molecule has 3 aromatic heterocycles. The van der Waals surface area contributed by atoms with Gasteiger partial charge in [0.25, 0.3) is 0 Å². The summed E-state index contributed by atoms with van der Waals surface area (Å²) in [6.45, 7) is 2.32. The molecule has 36 heavy (non-hydrogen) atoms. The second kappa shape index (κ2) is 9.75. The van der Waals surface area contributed by atoms with Crippen LogP contribution >= 0.6 is 25.3 Å². The van der Waals surface area contributed by atoms with Crippen LogP contribution in [0.3, 0.4) is 0 Å². The molecule has 1 aromatic carbocycles. The highest BCUT2D eigenvalue weighted by Crippen LogP contribution is 2.35. The van der Waals surface area contributed by atoms with Gasteiger partial charge in [-0.25, -0.2) is 27.4 Å². The molecule has 2 unspecified atom stereocenters. The number of aromatic nitrogens is 6. The fraction of sp³-hybridized carbons (Fsp3) is 0.478. The minimum Gasteiger partial charge on any atom is -0.347 e. The normalized spacial score (nSPS) is 19.4. The number of thiol groups is 2. The van der Waals surface area contributed by atoms with E-state index in [4.69, 9.17) is 0 Å². The smallest absolute Gasteiger partial charge is 0.241 e. The first-order valence-corrected chi connectivity index (χ1v) is 12.5. The third kappa shape index (κ3) is 5.00. The van der Waals surface area contributed by atoms with Gasteiger partial charge in [-0.3, -0.25) is 0 Å².